The molecule has 0 spiro atoms. The van der Waals surface area contributed by atoms with E-state index >= 15 is 0 Å². The Balaban J connectivity index is 1.52. The van der Waals surface area contributed by atoms with Crippen LogP contribution < -0.4 is 21.6 Å². The van der Waals surface area contributed by atoms with Crippen LogP contribution in [0.15, 0.2) is 57.9 Å². The number of anilines is 3. The van der Waals surface area contributed by atoms with E-state index in [0.717, 1.165) is 5.56 Å². The maximum atomic E-state index is 13.6. The first kappa shape index (κ1) is 23.6. The van der Waals surface area contributed by atoms with Gasteiger partial charge in [0.05, 0.1) is 18.4 Å². The number of aromatic nitrogens is 2. The third-order valence-electron chi connectivity index (χ3n) is 5.99. The summed E-state index contributed by atoms with van der Waals surface area (Å²) in [5, 5.41) is 9.95. The fourth-order valence-electron chi connectivity index (χ4n) is 4.37. The molecule has 0 aliphatic carbocycles. The van der Waals surface area contributed by atoms with E-state index in [-0.39, 0.29) is 17.2 Å². The van der Waals surface area contributed by atoms with E-state index in [1.807, 2.05) is 0 Å². The predicted molar refractivity (Wildman–Crippen MR) is 134 cm³/mol. The standard InChI is InChI=1S/C26H24FN5O4/c1-14(33)23-24(22-13-29-9-10-35-22)18-6-4-16(12-21(18)36-25(23)34)31-26-30-8-7-19(32-26)17-5-3-15(27)11-20(17)28-2/h3-8,11-12,22,28-29H,9-10,13H2,1-2H3,(H,30,31,32). The average Bonchev–Trinajstić information content (AvgIpc) is 2.88. The van der Waals surface area contributed by atoms with Crippen molar-refractivity contribution in [1.82, 2.24) is 15.3 Å². The molecule has 1 saturated heterocycles. The molecule has 0 saturated carbocycles. The average molecular weight is 490 g/mol. The van der Waals surface area contributed by atoms with Crippen molar-refractivity contribution in [2.45, 2.75) is 13.0 Å². The molecule has 0 bridgehead atoms. The summed E-state index contributed by atoms with van der Waals surface area (Å²) < 4.78 is 25.0. The molecule has 4 aromatic rings. The number of ether oxygens (including phenoxy) is 1. The number of nitrogens with zero attached hydrogens (tertiary/aromatic N) is 2. The summed E-state index contributed by atoms with van der Waals surface area (Å²) in [6, 6.07) is 11.4. The maximum absolute atomic E-state index is 13.6. The lowest BCUT2D eigenvalue weighted by molar-refractivity contribution is 0.0277. The van der Waals surface area contributed by atoms with E-state index in [2.05, 4.69) is 25.9 Å². The van der Waals surface area contributed by atoms with E-state index in [9.17, 15) is 14.0 Å². The summed E-state index contributed by atoms with van der Waals surface area (Å²) in [5.41, 5.74) is 2.64. The molecule has 9 nitrogen and oxygen atoms in total. The van der Waals surface area contributed by atoms with Gasteiger partial charge in [-0.1, -0.05) is 0 Å². The van der Waals surface area contributed by atoms with Crippen molar-refractivity contribution in [3.8, 4) is 11.3 Å². The van der Waals surface area contributed by atoms with Gasteiger partial charge in [-0.3, -0.25) is 4.79 Å². The van der Waals surface area contributed by atoms with Crippen molar-refractivity contribution < 1.29 is 18.3 Å². The molecule has 1 fully saturated rings. The van der Waals surface area contributed by atoms with Crippen molar-refractivity contribution >= 4 is 34.1 Å². The number of halogens is 1. The molecule has 10 heteroatoms. The molecule has 3 N–H and O–H groups in total. The summed E-state index contributed by atoms with van der Waals surface area (Å²) >= 11 is 0. The largest absolute Gasteiger partial charge is 0.422 e. The van der Waals surface area contributed by atoms with Crippen LogP contribution >= 0.6 is 0 Å². The molecule has 1 aliphatic rings. The number of nitrogens with one attached hydrogen (secondary N) is 3. The number of ketones is 1. The van der Waals surface area contributed by atoms with Crippen LogP contribution in [0.2, 0.25) is 0 Å². The first-order valence-electron chi connectivity index (χ1n) is 11.5. The smallest absolute Gasteiger partial charge is 0.347 e. The zero-order chi connectivity index (χ0) is 25.2. The van der Waals surface area contributed by atoms with Gasteiger partial charge in [0, 0.05) is 60.3 Å². The van der Waals surface area contributed by atoms with Gasteiger partial charge in [0.2, 0.25) is 5.95 Å². The molecule has 36 heavy (non-hydrogen) atoms. The molecule has 1 aliphatic heterocycles. The van der Waals surface area contributed by atoms with Gasteiger partial charge in [0.25, 0.3) is 0 Å². The third kappa shape index (κ3) is 4.56. The van der Waals surface area contributed by atoms with E-state index in [0.29, 0.717) is 59.2 Å². The van der Waals surface area contributed by atoms with Crippen LogP contribution in [-0.2, 0) is 4.74 Å². The number of carbonyl (C=O) groups excluding carboxylic acids is 1. The second-order valence-electron chi connectivity index (χ2n) is 8.34. The van der Waals surface area contributed by atoms with E-state index < -0.39 is 11.7 Å². The monoisotopic (exact) mass is 489 g/mol. The molecule has 1 unspecified atom stereocenters. The van der Waals surface area contributed by atoms with Crippen LogP contribution in [0.3, 0.4) is 0 Å². The summed E-state index contributed by atoms with van der Waals surface area (Å²) in [7, 11) is 1.71. The number of hydrogen-bond donors (Lipinski definition) is 3. The van der Waals surface area contributed by atoms with Gasteiger partial charge >= 0.3 is 5.63 Å². The number of morpholine rings is 1. The molecule has 0 amide bonds. The van der Waals surface area contributed by atoms with Crippen molar-refractivity contribution in [3.63, 3.8) is 0 Å². The van der Waals surface area contributed by atoms with Gasteiger partial charge < -0.3 is 25.1 Å². The van der Waals surface area contributed by atoms with Crippen LogP contribution in [0, 0.1) is 5.82 Å². The van der Waals surface area contributed by atoms with Crippen LogP contribution in [0.1, 0.15) is 28.9 Å². The zero-order valence-corrected chi connectivity index (χ0v) is 19.7. The van der Waals surface area contributed by atoms with Crippen molar-refractivity contribution in [2.75, 3.05) is 37.4 Å². The Labute approximate surface area is 205 Å². The molecule has 2 aromatic carbocycles. The Morgan fingerprint density at radius 3 is 2.81 bits per heavy atom. The van der Waals surface area contributed by atoms with Gasteiger partial charge in [0.15, 0.2) is 5.78 Å². The summed E-state index contributed by atoms with van der Waals surface area (Å²) in [6.45, 7) is 3.00. The highest BCUT2D eigenvalue weighted by atomic mass is 19.1. The van der Waals surface area contributed by atoms with Crippen molar-refractivity contribution in [2.24, 2.45) is 0 Å². The Kier molecular flexibility index (Phi) is 6.45. The van der Waals surface area contributed by atoms with Crippen LogP contribution in [0.4, 0.5) is 21.7 Å². The lowest BCUT2D eigenvalue weighted by atomic mass is 9.96. The first-order valence-corrected chi connectivity index (χ1v) is 11.5. The Hall–Kier alpha value is -4.15. The normalized spacial score (nSPS) is 15.6. The summed E-state index contributed by atoms with van der Waals surface area (Å²) in [5.74, 6) is -0.417. The number of benzene rings is 2. The highest BCUT2D eigenvalue weighted by Crippen LogP contribution is 2.32. The third-order valence-corrected chi connectivity index (χ3v) is 5.99. The SMILES string of the molecule is CNc1cc(F)ccc1-c1ccnc(Nc2ccc3c(C4CNCCO4)c(C(C)=O)c(=O)oc3c2)n1. The number of rotatable bonds is 6. The highest BCUT2D eigenvalue weighted by molar-refractivity contribution is 6.00. The first-order chi connectivity index (χ1) is 17.4. The fraction of sp³-hybridized carbons (Fsp3) is 0.231. The Bertz CT molecular complexity index is 1510. The van der Waals surface area contributed by atoms with E-state index in [1.54, 1.807) is 43.6 Å². The minimum Gasteiger partial charge on any atom is -0.422 e. The summed E-state index contributed by atoms with van der Waals surface area (Å²) in [6.07, 6.45) is 1.15. The quantitative estimate of drug-likeness (QED) is 0.272. The number of carbonyl (C=O) groups is 1. The maximum Gasteiger partial charge on any atom is 0.347 e. The molecule has 3 heterocycles. The van der Waals surface area contributed by atoms with Gasteiger partial charge in [-0.25, -0.2) is 19.2 Å². The van der Waals surface area contributed by atoms with E-state index in [4.69, 9.17) is 9.15 Å². The Morgan fingerprint density at radius 2 is 2.06 bits per heavy atom. The topological polar surface area (TPSA) is 118 Å². The lowest BCUT2D eigenvalue weighted by Gasteiger charge is -2.26. The lowest BCUT2D eigenvalue weighted by Crippen LogP contribution is -2.35. The highest BCUT2D eigenvalue weighted by Gasteiger charge is 2.27. The van der Waals surface area contributed by atoms with Gasteiger partial charge in [-0.05, 0) is 43.3 Å². The minimum absolute atomic E-state index is 0.00702. The number of Topliss-reactive ketones (excluding diaryl/α,β-unsaturated/α-hetero) is 1. The van der Waals surface area contributed by atoms with Gasteiger partial charge in [-0.2, -0.15) is 0 Å². The summed E-state index contributed by atoms with van der Waals surface area (Å²) in [4.78, 5) is 33.9. The van der Waals surface area contributed by atoms with Crippen LogP contribution in [-0.4, -0.2) is 42.5 Å². The van der Waals surface area contributed by atoms with E-state index in [1.165, 1.54) is 19.1 Å². The molecule has 184 valence electrons. The predicted octanol–water partition coefficient (Wildman–Crippen LogP) is 4.04. The molecule has 2 aromatic heterocycles. The molecular formula is C26H24FN5O4. The van der Waals surface area contributed by atoms with Crippen LogP contribution in [0.5, 0.6) is 0 Å². The zero-order valence-electron chi connectivity index (χ0n) is 19.7. The Morgan fingerprint density at radius 1 is 1.19 bits per heavy atom. The minimum atomic E-state index is -0.703. The second-order valence-corrected chi connectivity index (χ2v) is 8.34. The second kappa shape index (κ2) is 9.84. The van der Waals surface area contributed by atoms with Gasteiger partial charge in [-0.15, -0.1) is 0 Å². The van der Waals surface area contributed by atoms with Crippen molar-refractivity contribution in [1.29, 1.82) is 0 Å². The number of fused-ring (bicyclic) bond motifs is 1. The van der Waals surface area contributed by atoms with Crippen molar-refractivity contribution in [3.05, 3.63) is 76.0 Å². The van der Waals surface area contributed by atoms with Gasteiger partial charge in [0.1, 0.15) is 17.0 Å². The molecule has 1 atom stereocenters. The van der Waals surface area contributed by atoms with Crippen LogP contribution in [0.25, 0.3) is 22.2 Å². The molecular weight excluding hydrogens is 465 g/mol. The number of hydrogen-bond acceptors (Lipinski definition) is 9. The molecule has 0 radical (unpaired) electrons. The molecule has 5 rings (SSSR count). The fourth-order valence-corrected chi connectivity index (χ4v) is 4.37.